The van der Waals surface area contributed by atoms with Gasteiger partial charge in [-0.15, -0.1) is 0 Å². The second-order valence-corrected chi connectivity index (χ2v) is 17.6. The van der Waals surface area contributed by atoms with E-state index >= 15 is 0 Å². The summed E-state index contributed by atoms with van der Waals surface area (Å²) in [5.41, 5.74) is 0. The molecule has 0 aliphatic heterocycles. The van der Waals surface area contributed by atoms with E-state index < -0.39 is 16.6 Å². The van der Waals surface area contributed by atoms with Gasteiger partial charge in [-0.2, -0.15) is 0 Å². The minimum atomic E-state index is -1.66. The Morgan fingerprint density at radius 1 is 0.957 bits per heavy atom. The van der Waals surface area contributed by atoms with Crippen LogP contribution in [0.25, 0.3) is 0 Å². The maximum atomic E-state index is 11.9. The van der Waals surface area contributed by atoms with Crippen LogP contribution < -0.4 is 0 Å². The van der Waals surface area contributed by atoms with Gasteiger partial charge in [0.05, 0.1) is 25.7 Å². The largest absolute Gasteiger partial charge is 0.469 e. The number of carbonyl (C=O) groups excluding carboxylic acids is 1. The van der Waals surface area contributed by atoms with Crippen molar-refractivity contribution < 1.29 is 18.4 Å². The Balaban J connectivity index is 2.99. The van der Waals surface area contributed by atoms with Crippen molar-refractivity contribution in [2.75, 3.05) is 7.11 Å². The fourth-order valence-electron chi connectivity index (χ4n) is 3.60. The van der Waals surface area contributed by atoms with Crippen LogP contribution in [0.5, 0.6) is 0 Å². The molecule has 1 rings (SSSR count). The third-order valence-corrected chi connectivity index (χ3v) is 6.25. The average molecular weight is 361 g/mol. The molecule has 23 heavy (non-hydrogen) atoms. The summed E-state index contributed by atoms with van der Waals surface area (Å²) in [6.07, 6.45) is 3.90. The molecule has 0 aromatic carbocycles. The van der Waals surface area contributed by atoms with Gasteiger partial charge in [0.1, 0.15) is 0 Å². The molecule has 0 spiro atoms. The van der Waals surface area contributed by atoms with Gasteiger partial charge in [0.2, 0.25) is 0 Å². The standard InChI is InChI=1S/C17H36O4Si2/c1-9-10-13-14(11-17(18)19-2)16(21-23(6,7)8)12-15(13)20-22(3,4)5/h13-16H,9-12H2,1-8H3/t13-,14+,15-,16+/m0/s1. The maximum absolute atomic E-state index is 11.9. The normalized spacial score (nSPS) is 28.9. The minimum Gasteiger partial charge on any atom is -0.469 e. The van der Waals surface area contributed by atoms with Gasteiger partial charge < -0.3 is 13.6 Å². The van der Waals surface area contributed by atoms with E-state index in [1.165, 1.54) is 7.11 Å². The molecule has 1 fully saturated rings. The number of rotatable bonds is 8. The molecule has 0 amide bonds. The molecule has 136 valence electrons. The van der Waals surface area contributed by atoms with Gasteiger partial charge in [-0.05, 0) is 64.0 Å². The first-order chi connectivity index (χ1) is 10.5. The van der Waals surface area contributed by atoms with Crippen LogP contribution >= 0.6 is 0 Å². The van der Waals surface area contributed by atoms with Crippen LogP contribution in [-0.4, -0.2) is 41.9 Å². The van der Waals surface area contributed by atoms with Crippen molar-refractivity contribution in [1.82, 2.24) is 0 Å². The summed E-state index contributed by atoms with van der Waals surface area (Å²) < 4.78 is 17.9. The van der Waals surface area contributed by atoms with Gasteiger partial charge in [-0.3, -0.25) is 4.79 Å². The smallest absolute Gasteiger partial charge is 0.305 e. The third-order valence-electron chi connectivity index (χ3n) is 4.23. The van der Waals surface area contributed by atoms with Gasteiger partial charge in [-0.25, -0.2) is 0 Å². The van der Waals surface area contributed by atoms with Crippen molar-refractivity contribution in [3.8, 4) is 0 Å². The fraction of sp³-hybridized carbons (Fsp3) is 0.941. The molecular weight excluding hydrogens is 324 g/mol. The Morgan fingerprint density at radius 3 is 1.83 bits per heavy atom. The molecule has 4 nitrogen and oxygen atoms in total. The SMILES string of the molecule is CCC[C@H]1[C@@H](CC(=O)OC)[C@H](O[Si](C)(C)C)C[C@@H]1O[Si](C)(C)C. The highest BCUT2D eigenvalue weighted by Crippen LogP contribution is 2.43. The molecule has 0 aromatic rings. The summed E-state index contributed by atoms with van der Waals surface area (Å²) in [6.45, 7) is 15.5. The Kier molecular flexibility index (Phi) is 7.50. The van der Waals surface area contributed by atoms with E-state index in [9.17, 15) is 4.79 Å². The summed E-state index contributed by atoms with van der Waals surface area (Å²) in [5, 5.41) is 0. The molecule has 1 aliphatic carbocycles. The van der Waals surface area contributed by atoms with Gasteiger partial charge >= 0.3 is 5.97 Å². The Hall–Kier alpha value is -0.176. The minimum absolute atomic E-state index is 0.124. The number of hydrogen-bond donors (Lipinski definition) is 0. The first-order valence-corrected chi connectivity index (χ1v) is 15.7. The fourth-order valence-corrected chi connectivity index (χ4v) is 5.96. The first kappa shape index (κ1) is 20.9. The van der Waals surface area contributed by atoms with Crippen LogP contribution in [-0.2, 0) is 18.4 Å². The van der Waals surface area contributed by atoms with Gasteiger partial charge in [-0.1, -0.05) is 13.3 Å². The highest BCUT2D eigenvalue weighted by molar-refractivity contribution is 6.70. The highest BCUT2D eigenvalue weighted by Gasteiger charge is 2.47. The lowest BCUT2D eigenvalue weighted by atomic mass is 9.87. The van der Waals surface area contributed by atoms with Crippen LogP contribution in [0.15, 0.2) is 0 Å². The highest BCUT2D eigenvalue weighted by atomic mass is 28.4. The number of methoxy groups -OCH3 is 1. The van der Waals surface area contributed by atoms with E-state index in [2.05, 4.69) is 46.2 Å². The van der Waals surface area contributed by atoms with Crippen LogP contribution in [0, 0.1) is 11.8 Å². The second-order valence-electron chi connectivity index (χ2n) is 8.67. The number of ether oxygens (including phenoxy) is 1. The van der Waals surface area contributed by atoms with Gasteiger partial charge in [0, 0.05) is 0 Å². The van der Waals surface area contributed by atoms with Crippen molar-refractivity contribution >= 4 is 22.6 Å². The third kappa shape index (κ3) is 7.07. The van der Waals surface area contributed by atoms with Gasteiger partial charge in [0.15, 0.2) is 16.6 Å². The lowest BCUT2D eigenvalue weighted by Crippen LogP contribution is -2.36. The number of hydrogen-bond acceptors (Lipinski definition) is 4. The van der Waals surface area contributed by atoms with Gasteiger partial charge in [0.25, 0.3) is 0 Å². The zero-order valence-electron chi connectivity index (χ0n) is 16.3. The molecule has 0 bridgehead atoms. The summed E-state index contributed by atoms with van der Waals surface area (Å²) in [7, 11) is -1.81. The van der Waals surface area contributed by atoms with E-state index in [1.807, 2.05) is 0 Å². The van der Waals surface area contributed by atoms with Crippen LogP contribution in [0.2, 0.25) is 39.3 Å². The molecule has 0 unspecified atom stereocenters. The lowest BCUT2D eigenvalue weighted by Gasteiger charge is -2.30. The Morgan fingerprint density at radius 2 is 1.43 bits per heavy atom. The molecule has 0 aromatic heterocycles. The summed E-state index contributed by atoms with van der Waals surface area (Å²) in [4.78, 5) is 11.9. The van der Waals surface area contributed by atoms with E-state index in [1.54, 1.807) is 0 Å². The molecule has 4 atom stereocenters. The molecule has 0 radical (unpaired) electrons. The molecule has 0 heterocycles. The van der Waals surface area contributed by atoms with Crippen LogP contribution in [0.3, 0.4) is 0 Å². The van der Waals surface area contributed by atoms with Crippen molar-refractivity contribution in [2.24, 2.45) is 11.8 Å². The second kappa shape index (κ2) is 8.27. The number of esters is 1. The molecule has 0 N–H and O–H groups in total. The molecule has 1 aliphatic rings. The van der Waals surface area contributed by atoms with Crippen molar-refractivity contribution in [2.45, 2.75) is 84.1 Å². The molecule has 1 saturated carbocycles. The molecule has 0 saturated heterocycles. The van der Waals surface area contributed by atoms with Crippen LogP contribution in [0.4, 0.5) is 0 Å². The summed E-state index contributed by atoms with van der Waals surface area (Å²) >= 11 is 0. The summed E-state index contributed by atoms with van der Waals surface area (Å²) in [6, 6.07) is 0. The Labute approximate surface area is 144 Å². The van der Waals surface area contributed by atoms with E-state index in [0.29, 0.717) is 12.3 Å². The van der Waals surface area contributed by atoms with Crippen LogP contribution in [0.1, 0.15) is 32.6 Å². The van der Waals surface area contributed by atoms with Crippen molar-refractivity contribution in [3.05, 3.63) is 0 Å². The summed E-state index contributed by atoms with van der Waals surface area (Å²) in [5.74, 6) is 0.483. The first-order valence-electron chi connectivity index (χ1n) is 8.89. The quantitative estimate of drug-likeness (QED) is 0.474. The predicted octanol–water partition coefficient (Wildman–Crippen LogP) is 4.43. The topological polar surface area (TPSA) is 44.8 Å². The van der Waals surface area contributed by atoms with Crippen molar-refractivity contribution in [3.63, 3.8) is 0 Å². The van der Waals surface area contributed by atoms with E-state index in [-0.39, 0.29) is 24.1 Å². The predicted molar refractivity (Wildman–Crippen MR) is 99.6 cm³/mol. The van der Waals surface area contributed by atoms with E-state index in [4.69, 9.17) is 13.6 Å². The molecular formula is C17H36O4Si2. The zero-order valence-corrected chi connectivity index (χ0v) is 18.3. The Bertz CT molecular complexity index is 387. The molecule has 6 heteroatoms. The number of carbonyl (C=O) groups is 1. The van der Waals surface area contributed by atoms with Crippen molar-refractivity contribution in [1.29, 1.82) is 0 Å². The maximum Gasteiger partial charge on any atom is 0.305 e. The zero-order chi connectivity index (χ0) is 17.8. The average Bonchev–Trinajstić information content (AvgIpc) is 2.64. The lowest BCUT2D eigenvalue weighted by molar-refractivity contribution is -0.143. The van der Waals surface area contributed by atoms with E-state index in [0.717, 1.165) is 19.3 Å². The monoisotopic (exact) mass is 360 g/mol.